The van der Waals surface area contributed by atoms with Crippen LogP contribution in [0.5, 0.6) is 11.5 Å². The standard InChI is InChI=1S/C21H23F3N4O4.C20H21F3N4O4.CH4.Na.H2O/c1-4-6-14-16(8-7-15-17(14)32-27-18(15)21(22,23)24)31-10-5-9-28(2)20-25-11-13(12-26-20)19(29)30-3;1-3-5-13-15(7-6-14-16(13)31-26-17(14)20(21,22)23)30-9-4-8-27(2)19-24-10-12(11-25-19)18(28)29;;;/h7-8,11-12H,4-6,9-10H2,1-3H3;6-7,10-11H,3-5,8-9H2,1-2H3,(H,28,29);1H4;;1H2/q;;;+1;/p-1. The Morgan fingerprint density at radius 2 is 1.06 bits per heavy atom. The number of hydrogen-bond donors (Lipinski definition) is 1. The number of aromatic carboxylic acids is 1. The van der Waals surface area contributed by atoms with Gasteiger partial charge < -0.3 is 43.6 Å². The van der Waals surface area contributed by atoms with E-state index in [4.69, 9.17) is 23.6 Å². The summed E-state index contributed by atoms with van der Waals surface area (Å²) in [5.74, 6) is 0.138. The Labute approximate surface area is 397 Å². The first-order valence-corrected chi connectivity index (χ1v) is 19.6. The molecule has 17 nitrogen and oxygen atoms in total. The van der Waals surface area contributed by atoms with Crippen molar-refractivity contribution in [2.24, 2.45) is 0 Å². The Balaban J connectivity index is 0.000000434. The van der Waals surface area contributed by atoms with Crippen LogP contribution in [0.3, 0.4) is 0 Å². The van der Waals surface area contributed by atoms with Gasteiger partial charge in [0.2, 0.25) is 11.9 Å². The molecule has 354 valence electrons. The summed E-state index contributed by atoms with van der Waals surface area (Å²) < 4.78 is 105. The fourth-order valence-electron chi connectivity index (χ4n) is 6.27. The molecular weight excluding hydrogens is 897 g/mol. The van der Waals surface area contributed by atoms with Crippen molar-refractivity contribution in [2.75, 3.05) is 57.3 Å². The average Bonchev–Trinajstić information content (AvgIpc) is 3.91. The number of anilines is 2. The van der Waals surface area contributed by atoms with Crippen LogP contribution in [-0.4, -0.2) is 100 Å². The van der Waals surface area contributed by atoms with E-state index in [1.54, 1.807) is 23.9 Å². The molecule has 0 bridgehead atoms. The molecule has 0 unspecified atom stereocenters. The number of methoxy groups -OCH3 is 1. The molecule has 6 rings (SSSR count). The summed E-state index contributed by atoms with van der Waals surface area (Å²) >= 11 is 0. The van der Waals surface area contributed by atoms with Crippen LogP contribution in [-0.2, 0) is 29.9 Å². The summed E-state index contributed by atoms with van der Waals surface area (Å²) in [5, 5.41) is 15.2. The zero-order valence-corrected chi connectivity index (χ0v) is 38.3. The van der Waals surface area contributed by atoms with Crippen molar-refractivity contribution in [1.29, 1.82) is 0 Å². The molecule has 2 aromatic carbocycles. The maximum atomic E-state index is 13.1. The Kier molecular flexibility index (Phi) is 21.5. The number of nitrogens with zero attached hydrogens (tertiary/aromatic N) is 8. The number of ether oxygens (including phenoxy) is 3. The van der Waals surface area contributed by atoms with Crippen LogP contribution in [0.15, 0.2) is 58.1 Å². The molecule has 0 spiro atoms. The number of rotatable bonds is 18. The van der Waals surface area contributed by atoms with Crippen LogP contribution in [0.4, 0.5) is 38.2 Å². The molecule has 0 saturated heterocycles. The van der Waals surface area contributed by atoms with Crippen molar-refractivity contribution >= 4 is 45.8 Å². The average molecular weight is 947 g/mol. The number of aromatic nitrogens is 6. The molecule has 0 fully saturated rings. The van der Waals surface area contributed by atoms with Crippen LogP contribution in [0, 0.1) is 0 Å². The van der Waals surface area contributed by atoms with Gasteiger partial charge in [0.05, 0.1) is 42.2 Å². The van der Waals surface area contributed by atoms with E-state index < -0.39 is 35.7 Å². The van der Waals surface area contributed by atoms with E-state index in [0.29, 0.717) is 99.4 Å². The Bertz CT molecular complexity index is 2470. The summed E-state index contributed by atoms with van der Waals surface area (Å²) in [7, 11) is 4.84. The number of benzene rings is 2. The van der Waals surface area contributed by atoms with Gasteiger partial charge in [-0.1, -0.05) is 44.4 Å². The second kappa shape index (κ2) is 25.2. The van der Waals surface area contributed by atoms with E-state index in [0.717, 1.165) is 0 Å². The fourth-order valence-corrected chi connectivity index (χ4v) is 6.27. The van der Waals surface area contributed by atoms with Gasteiger partial charge in [-0.15, -0.1) is 0 Å². The topological polar surface area (TPSA) is 222 Å². The molecule has 0 atom stereocenters. The number of aryl methyl sites for hydroxylation is 2. The van der Waals surface area contributed by atoms with Crippen LogP contribution in [0.1, 0.15) is 90.2 Å². The number of carbonyl (C=O) groups excluding carboxylic acids is 1. The first-order valence-electron chi connectivity index (χ1n) is 19.6. The van der Waals surface area contributed by atoms with Gasteiger partial charge in [0.1, 0.15) is 11.5 Å². The number of halogens is 6. The van der Waals surface area contributed by atoms with E-state index >= 15 is 0 Å². The molecule has 0 amide bonds. The first kappa shape index (κ1) is 56.3. The smallest absolute Gasteiger partial charge is 0.870 e. The normalized spacial score (nSPS) is 11.1. The van der Waals surface area contributed by atoms with Crippen molar-refractivity contribution in [2.45, 2.75) is 72.2 Å². The molecule has 0 saturated carbocycles. The fraction of sp³-hybridized carbons (Fsp3) is 0.429. The molecule has 66 heavy (non-hydrogen) atoms. The molecule has 0 aliphatic carbocycles. The van der Waals surface area contributed by atoms with Gasteiger partial charge in [-0.05, 0) is 49.9 Å². The van der Waals surface area contributed by atoms with Crippen LogP contribution in [0.25, 0.3) is 21.9 Å². The quantitative estimate of drug-likeness (QED) is 0.0456. The van der Waals surface area contributed by atoms with Crippen LogP contribution in [0.2, 0.25) is 0 Å². The monoisotopic (exact) mass is 946 g/mol. The van der Waals surface area contributed by atoms with E-state index in [-0.39, 0.29) is 75.5 Å². The van der Waals surface area contributed by atoms with Gasteiger partial charge in [0, 0.05) is 63.1 Å². The first-order chi connectivity index (χ1) is 30.0. The number of esters is 1. The largest absolute Gasteiger partial charge is 1.00 e. The summed E-state index contributed by atoms with van der Waals surface area (Å²) in [5.41, 5.74) is -0.484. The minimum atomic E-state index is -4.59. The summed E-state index contributed by atoms with van der Waals surface area (Å²) in [6, 6.07) is 5.68. The summed E-state index contributed by atoms with van der Waals surface area (Å²) in [6.45, 7) is 5.55. The van der Waals surface area contributed by atoms with Gasteiger partial charge in [-0.3, -0.25) is 0 Å². The number of carboxylic acids is 1. The summed E-state index contributed by atoms with van der Waals surface area (Å²) in [6.07, 6.45) is -0.357. The molecule has 2 N–H and O–H groups in total. The van der Waals surface area contributed by atoms with E-state index in [1.165, 1.54) is 56.2 Å². The molecule has 4 aromatic heterocycles. The summed E-state index contributed by atoms with van der Waals surface area (Å²) in [4.78, 5) is 42.2. The maximum absolute atomic E-state index is 13.1. The molecule has 24 heteroatoms. The molecular formula is C42H49F6N8NaO9. The number of alkyl halides is 6. The SMILES string of the molecule is C.CCCc1c(OCCCN(C)c2ncc(C(=O)O)cn2)ccc2c(C(F)(F)F)noc12.CCCc1c(OCCCN(C)c2ncc(C(=O)OC)cn2)ccc2c(C(F)(F)F)noc12.[Na+].[OH-]. The Morgan fingerprint density at radius 3 is 1.39 bits per heavy atom. The molecule has 6 aromatic rings. The van der Waals surface area contributed by atoms with Gasteiger partial charge >= 0.3 is 53.8 Å². The van der Waals surface area contributed by atoms with Crippen LogP contribution < -0.4 is 48.8 Å². The number of carbonyl (C=O) groups is 2. The minimum absolute atomic E-state index is 0. The predicted octanol–water partition coefficient (Wildman–Crippen LogP) is 5.94. The van der Waals surface area contributed by atoms with Gasteiger partial charge in [0.25, 0.3) is 0 Å². The van der Waals surface area contributed by atoms with Crippen molar-refractivity contribution in [3.63, 3.8) is 0 Å². The Hall–Kier alpha value is -5.78. The second-order valence-corrected chi connectivity index (χ2v) is 14.0. The van der Waals surface area contributed by atoms with Crippen LogP contribution >= 0.6 is 0 Å². The third-order valence-corrected chi connectivity index (χ3v) is 9.36. The molecule has 4 heterocycles. The third kappa shape index (κ3) is 14.1. The molecule has 0 aliphatic heterocycles. The predicted molar refractivity (Wildman–Crippen MR) is 224 cm³/mol. The van der Waals surface area contributed by atoms with Gasteiger partial charge in [-0.25, -0.2) is 29.5 Å². The molecule has 0 aliphatic rings. The maximum Gasteiger partial charge on any atom is 1.00 e. The van der Waals surface area contributed by atoms with E-state index in [1.807, 2.05) is 13.8 Å². The zero-order chi connectivity index (χ0) is 45.9. The van der Waals surface area contributed by atoms with Crippen molar-refractivity contribution in [3.05, 3.63) is 82.7 Å². The number of carboxylic acid groups (broad SMARTS) is 1. The molecule has 0 radical (unpaired) electrons. The van der Waals surface area contributed by atoms with Crippen molar-refractivity contribution in [1.82, 2.24) is 30.2 Å². The Morgan fingerprint density at radius 1 is 0.682 bits per heavy atom. The van der Waals surface area contributed by atoms with Gasteiger partial charge in [-0.2, -0.15) is 26.3 Å². The number of hydrogen-bond acceptors (Lipinski definition) is 16. The van der Waals surface area contributed by atoms with Crippen molar-refractivity contribution in [3.8, 4) is 11.5 Å². The van der Waals surface area contributed by atoms with E-state index in [2.05, 4.69) is 35.0 Å². The zero-order valence-electron chi connectivity index (χ0n) is 36.3. The van der Waals surface area contributed by atoms with Crippen molar-refractivity contribution < 1.29 is 99.3 Å². The minimum Gasteiger partial charge on any atom is -0.870 e. The van der Waals surface area contributed by atoms with Gasteiger partial charge in [0.15, 0.2) is 22.6 Å². The third-order valence-electron chi connectivity index (χ3n) is 9.36. The van der Waals surface area contributed by atoms with E-state index in [9.17, 15) is 35.9 Å². The number of fused-ring (bicyclic) bond motifs is 2. The second-order valence-electron chi connectivity index (χ2n) is 14.0.